The largest absolute Gasteiger partial charge is 0.478 e. The molecule has 0 aliphatic carbocycles. The topological polar surface area (TPSA) is 63.6 Å². The Hall–Kier alpha value is -0.890. The summed E-state index contributed by atoms with van der Waals surface area (Å²) in [5.41, 5.74) is -2.64. The van der Waals surface area contributed by atoms with Gasteiger partial charge in [-0.25, -0.2) is 4.79 Å². The fraction of sp³-hybridized carbons (Fsp3) is 0.600. The van der Waals surface area contributed by atoms with E-state index in [0.717, 1.165) is 6.92 Å². The Labute approximate surface area is 110 Å². The smallest absolute Gasteiger partial charge is 0.453 e. The minimum Gasteiger partial charge on any atom is -0.478 e. The third kappa shape index (κ3) is 4.09. The van der Waals surface area contributed by atoms with Crippen LogP contribution in [-0.2, 0) is 14.3 Å². The van der Waals surface area contributed by atoms with E-state index in [4.69, 9.17) is 9.84 Å². The number of halogens is 4. The SMILES string of the molecule is CCOC(C)(C(=O)C(F)(F)F)/C(=C\C(=O)O)CBr. The normalized spacial score (nSPS) is 16.2. The Morgan fingerprint density at radius 3 is 2.17 bits per heavy atom. The molecule has 0 aliphatic rings. The van der Waals surface area contributed by atoms with Gasteiger partial charge in [-0.05, 0) is 19.4 Å². The fourth-order valence-corrected chi connectivity index (χ4v) is 2.01. The second-order valence-corrected chi connectivity index (χ2v) is 4.00. The summed E-state index contributed by atoms with van der Waals surface area (Å²) in [4.78, 5) is 21.9. The summed E-state index contributed by atoms with van der Waals surface area (Å²) in [6, 6.07) is 0. The van der Waals surface area contributed by atoms with Crippen LogP contribution in [-0.4, -0.2) is 40.6 Å². The number of carbonyl (C=O) groups excluding carboxylic acids is 1. The highest BCUT2D eigenvalue weighted by Crippen LogP contribution is 2.32. The van der Waals surface area contributed by atoms with Crippen molar-refractivity contribution >= 4 is 27.7 Å². The number of carbonyl (C=O) groups is 2. The second kappa shape index (κ2) is 6.33. The Morgan fingerprint density at radius 2 is 1.89 bits per heavy atom. The number of hydrogen-bond acceptors (Lipinski definition) is 3. The van der Waals surface area contributed by atoms with E-state index in [1.54, 1.807) is 0 Å². The van der Waals surface area contributed by atoms with Crippen molar-refractivity contribution < 1.29 is 32.6 Å². The first-order chi connectivity index (χ1) is 8.09. The van der Waals surface area contributed by atoms with Gasteiger partial charge in [-0.3, -0.25) is 4.79 Å². The number of Topliss-reactive ketones (excluding diaryl/α,β-unsaturated/α-hetero) is 1. The van der Waals surface area contributed by atoms with Crippen molar-refractivity contribution in [3.8, 4) is 0 Å². The monoisotopic (exact) mass is 332 g/mol. The zero-order valence-corrected chi connectivity index (χ0v) is 11.3. The highest BCUT2D eigenvalue weighted by atomic mass is 79.9. The minimum atomic E-state index is -5.11. The van der Waals surface area contributed by atoms with Crippen LogP contribution in [0.3, 0.4) is 0 Å². The number of carboxylic acids is 1. The lowest BCUT2D eigenvalue weighted by Gasteiger charge is -2.30. The first kappa shape index (κ1) is 17.1. The summed E-state index contributed by atoms with van der Waals surface area (Å²) in [6.45, 7) is 2.15. The molecule has 0 aromatic carbocycles. The molecule has 4 nitrogen and oxygen atoms in total. The molecule has 0 aromatic rings. The predicted octanol–water partition coefficient (Wildman–Crippen LogP) is 2.32. The summed E-state index contributed by atoms with van der Waals surface area (Å²) >= 11 is 2.85. The van der Waals surface area contributed by atoms with Crippen LogP contribution in [0.25, 0.3) is 0 Å². The molecule has 0 heterocycles. The molecule has 0 aromatic heterocycles. The highest BCUT2D eigenvalue weighted by molar-refractivity contribution is 9.09. The molecular weight excluding hydrogens is 321 g/mol. The summed E-state index contributed by atoms with van der Waals surface area (Å²) < 4.78 is 42.3. The number of aliphatic carboxylic acids is 1. The van der Waals surface area contributed by atoms with Crippen molar-refractivity contribution in [2.45, 2.75) is 25.6 Å². The summed E-state index contributed by atoms with van der Waals surface area (Å²) in [7, 11) is 0. The maximum absolute atomic E-state index is 12.5. The van der Waals surface area contributed by atoms with Crippen LogP contribution in [0.4, 0.5) is 13.2 Å². The van der Waals surface area contributed by atoms with Gasteiger partial charge in [-0.1, -0.05) is 15.9 Å². The van der Waals surface area contributed by atoms with Gasteiger partial charge in [0.2, 0.25) is 0 Å². The van der Waals surface area contributed by atoms with Crippen molar-refractivity contribution in [2.24, 2.45) is 0 Å². The average Bonchev–Trinajstić information content (AvgIpc) is 2.23. The quantitative estimate of drug-likeness (QED) is 0.599. The lowest BCUT2D eigenvalue weighted by molar-refractivity contribution is -0.189. The van der Waals surface area contributed by atoms with E-state index in [1.807, 2.05) is 0 Å². The molecule has 0 rings (SSSR count). The van der Waals surface area contributed by atoms with Gasteiger partial charge < -0.3 is 9.84 Å². The van der Waals surface area contributed by atoms with Gasteiger partial charge in [-0.2, -0.15) is 13.2 Å². The van der Waals surface area contributed by atoms with Gasteiger partial charge in [0.25, 0.3) is 5.78 Å². The molecule has 1 unspecified atom stereocenters. The van der Waals surface area contributed by atoms with E-state index in [-0.39, 0.29) is 17.5 Å². The Morgan fingerprint density at radius 1 is 1.39 bits per heavy atom. The van der Waals surface area contributed by atoms with Crippen LogP contribution < -0.4 is 0 Å². The van der Waals surface area contributed by atoms with Crippen LogP contribution in [0.2, 0.25) is 0 Å². The third-order valence-electron chi connectivity index (χ3n) is 2.18. The first-order valence-electron chi connectivity index (χ1n) is 4.85. The number of alkyl halides is 4. The molecule has 0 spiro atoms. The molecular formula is C10H12BrF3O4. The van der Waals surface area contributed by atoms with Gasteiger partial charge in [0.15, 0.2) is 5.60 Å². The average molecular weight is 333 g/mol. The Balaban J connectivity index is 5.64. The molecule has 0 radical (unpaired) electrons. The van der Waals surface area contributed by atoms with Gasteiger partial charge in [0, 0.05) is 18.0 Å². The van der Waals surface area contributed by atoms with E-state index in [0.29, 0.717) is 6.08 Å². The van der Waals surface area contributed by atoms with E-state index in [1.165, 1.54) is 6.92 Å². The predicted molar refractivity (Wildman–Crippen MR) is 60.6 cm³/mol. The Kier molecular flexibility index (Phi) is 6.01. The fourth-order valence-electron chi connectivity index (χ4n) is 1.32. The molecule has 18 heavy (non-hydrogen) atoms. The molecule has 104 valence electrons. The minimum absolute atomic E-state index is 0.164. The molecule has 0 aliphatic heterocycles. The van der Waals surface area contributed by atoms with Crippen LogP contribution in [0.1, 0.15) is 13.8 Å². The Bertz CT molecular complexity index is 365. The number of hydrogen-bond donors (Lipinski definition) is 1. The van der Waals surface area contributed by atoms with Gasteiger partial charge >= 0.3 is 12.1 Å². The summed E-state index contributed by atoms with van der Waals surface area (Å²) in [5, 5.41) is 8.36. The van der Waals surface area contributed by atoms with Gasteiger partial charge in [-0.15, -0.1) is 0 Å². The molecule has 1 atom stereocenters. The highest BCUT2D eigenvalue weighted by Gasteiger charge is 2.52. The molecule has 0 saturated heterocycles. The number of ether oxygens (including phenoxy) is 1. The molecule has 1 N–H and O–H groups in total. The number of ketones is 1. The molecule has 0 amide bonds. The standard InChI is InChI=1S/C10H12BrF3O4/c1-3-18-9(2,8(17)10(12,13)14)6(5-11)4-7(15)16/h4H,3,5H2,1-2H3,(H,15,16)/b6-4-. The van der Waals surface area contributed by atoms with Crippen molar-refractivity contribution in [3.63, 3.8) is 0 Å². The molecule has 8 heteroatoms. The maximum Gasteiger partial charge on any atom is 0.453 e. The van der Waals surface area contributed by atoms with Crippen LogP contribution in [0.15, 0.2) is 11.6 Å². The third-order valence-corrected chi connectivity index (χ3v) is 2.78. The van der Waals surface area contributed by atoms with Crippen LogP contribution >= 0.6 is 15.9 Å². The lowest BCUT2D eigenvalue weighted by atomic mass is 9.91. The van der Waals surface area contributed by atoms with Crippen LogP contribution in [0.5, 0.6) is 0 Å². The van der Waals surface area contributed by atoms with E-state index < -0.39 is 23.5 Å². The summed E-state index contributed by atoms with van der Waals surface area (Å²) in [5.74, 6) is -3.59. The molecule has 0 fully saturated rings. The van der Waals surface area contributed by atoms with E-state index in [9.17, 15) is 22.8 Å². The van der Waals surface area contributed by atoms with E-state index >= 15 is 0 Å². The van der Waals surface area contributed by atoms with Gasteiger partial charge in [0.1, 0.15) is 0 Å². The zero-order valence-electron chi connectivity index (χ0n) is 9.68. The van der Waals surface area contributed by atoms with Gasteiger partial charge in [0.05, 0.1) is 0 Å². The maximum atomic E-state index is 12.5. The number of carboxylic acid groups (broad SMARTS) is 1. The molecule has 0 bridgehead atoms. The molecule has 0 saturated carbocycles. The second-order valence-electron chi connectivity index (χ2n) is 3.43. The van der Waals surface area contributed by atoms with Crippen molar-refractivity contribution in [1.29, 1.82) is 0 Å². The lowest BCUT2D eigenvalue weighted by Crippen LogP contribution is -2.48. The van der Waals surface area contributed by atoms with Crippen molar-refractivity contribution in [2.75, 3.05) is 11.9 Å². The van der Waals surface area contributed by atoms with Crippen molar-refractivity contribution in [3.05, 3.63) is 11.6 Å². The summed E-state index contributed by atoms with van der Waals surface area (Å²) in [6.07, 6.45) is -4.57. The first-order valence-corrected chi connectivity index (χ1v) is 5.97. The zero-order chi connectivity index (χ0) is 14.6. The number of rotatable bonds is 6. The van der Waals surface area contributed by atoms with E-state index in [2.05, 4.69) is 15.9 Å². The van der Waals surface area contributed by atoms with Crippen LogP contribution in [0, 0.1) is 0 Å². The van der Waals surface area contributed by atoms with Crippen molar-refractivity contribution in [1.82, 2.24) is 0 Å².